The molecule has 2 aromatic heterocycles. The molecular formula is C32H26Br2Cl2F2N4O6. The number of aromatic nitrogens is 2. The Morgan fingerprint density at radius 3 is 1.42 bits per heavy atom. The van der Waals surface area contributed by atoms with Crippen molar-refractivity contribution in [3.63, 3.8) is 0 Å². The molecule has 0 saturated carbocycles. The van der Waals surface area contributed by atoms with E-state index in [2.05, 4.69) is 41.8 Å². The summed E-state index contributed by atoms with van der Waals surface area (Å²) in [5, 5.41) is 0.0169. The fraction of sp³-hybridized carbons (Fsp3) is 0.250. The van der Waals surface area contributed by atoms with Crippen molar-refractivity contribution in [1.82, 2.24) is 19.8 Å². The first-order valence-electron chi connectivity index (χ1n) is 14.3. The number of carbonyl (C=O) groups excluding carboxylic acids is 2. The molecule has 2 aliphatic rings. The van der Waals surface area contributed by atoms with Gasteiger partial charge in [-0.15, -0.1) is 0 Å². The number of pyridine rings is 2. The van der Waals surface area contributed by atoms with Crippen LogP contribution in [0.4, 0.5) is 8.78 Å². The third-order valence-corrected chi connectivity index (χ3v) is 9.77. The molecular weight excluding hydrogens is 805 g/mol. The number of nitrogens with zero attached hydrogens (tertiary/aromatic N) is 2. The van der Waals surface area contributed by atoms with Crippen LogP contribution in [0.3, 0.4) is 0 Å². The largest absolute Gasteiger partial charge is 0.491 e. The van der Waals surface area contributed by atoms with Crippen molar-refractivity contribution in [3.05, 3.63) is 121 Å². The number of H-pyrrole nitrogens is 2. The van der Waals surface area contributed by atoms with E-state index in [0.29, 0.717) is 57.4 Å². The van der Waals surface area contributed by atoms with E-state index in [4.69, 9.17) is 32.7 Å². The first-order valence-corrected chi connectivity index (χ1v) is 16.6. The van der Waals surface area contributed by atoms with Gasteiger partial charge in [0.25, 0.3) is 22.9 Å². The summed E-state index contributed by atoms with van der Waals surface area (Å²) in [6, 6.07) is 8.67. The molecule has 2 N–H and O–H groups in total. The zero-order valence-electron chi connectivity index (χ0n) is 25.3. The highest BCUT2D eigenvalue weighted by molar-refractivity contribution is 9.10. The number of aromatic amines is 2. The van der Waals surface area contributed by atoms with Gasteiger partial charge in [0.15, 0.2) is 11.5 Å². The normalized spacial score (nSPS) is 13.8. The summed E-state index contributed by atoms with van der Waals surface area (Å²) in [5.41, 5.74) is 2.42. The Bertz CT molecular complexity index is 1910. The van der Waals surface area contributed by atoms with E-state index in [0.717, 1.165) is 0 Å². The maximum absolute atomic E-state index is 13.3. The minimum absolute atomic E-state index is 0.0000357. The van der Waals surface area contributed by atoms with Crippen molar-refractivity contribution in [2.75, 3.05) is 27.3 Å². The molecule has 0 fully saturated rings. The van der Waals surface area contributed by atoms with Gasteiger partial charge in [-0.25, -0.2) is 8.78 Å². The van der Waals surface area contributed by atoms with Crippen molar-refractivity contribution in [2.24, 2.45) is 0 Å². The third kappa shape index (κ3) is 7.16. The minimum atomic E-state index is -0.507. The molecule has 0 unspecified atom stereocenters. The highest BCUT2D eigenvalue weighted by atomic mass is 79.9. The third-order valence-electron chi connectivity index (χ3n) is 7.84. The fourth-order valence-electron chi connectivity index (χ4n) is 5.53. The van der Waals surface area contributed by atoms with Crippen LogP contribution in [0.15, 0.2) is 55.2 Å². The van der Waals surface area contributed by atoms with E-state index in [9.17, 15) is 28.0 Å². The Kier molecular flexibility index (Phi) is 11.0. The summed E-state index contributed by atoms with van der Waals surface area (Å²) in [6.45, 7) is 1.47. The molecule has 0 aliphatic carbocycles. The summed E-state index contributed by atoms with van der Waals surface area (Å²) in [7, 11) is 2.70. The van der Waals surface area contributed by atoms with Crippen LogP contribution in [0.2, 0.25) is 10.0 Å². The van der Waals surface area contributed by atoms with Gasteiger partial charge in [0.05, 0.1) is 44.6 Å². The molecule has 0 saturated heterocycles. The van der Waals surface area contributed by atoms with Crippen LogP contribution in [0, 0.1) is 11.6 Å². The number of methoxy groups -OCH3 is 2. The van der Waals surface area contributed by atoms with Crippen molar-refractivity contribution in [3.8, 4) is 11.5 Å². The molecule has 2 aliphatic heterocycles. The fourth-order valence-corrected chi connectivity index (χ4v) is 7.09. The van der Waals surface area contributed by atoms with Crippen molar-refractivity contribution in [1.29, 1.82) is 0 Å². The number of hydrogen-bond acceptors (Lipinski definition) is 6. The Balaban J connectivity index is 0.000000188. The number of ether oxygens (including phenoxy) is 2. The van der Waals surface area contributed by atoms with Gasteiger partial charge in [-0.2, -0.15) is 0 Å². The van der Waals surface area contributed by atoms with Crippen LogP contribution in [0.25, 0.3) is 0 Å². The number of rotatable bonds is 6. The average molecular weight is 831 g/mol. The van der Waals surface area contributed by atoms with Gasteiger partial charge in [0, 0.05) is 37.3 Å². The van der Waals surface area contributed by atoms with E-state index in [-0.39, 0.29) is 57.6 Å². The maximum Gasteiger partial charge on any atom is 0.291 e. The van der Waals surface area contributed by atoms with Gasteiger partial charge < -0.3 is 29.2 Å². The quantitative estimate of drug-likeness (QED) is 0.221. The molecule has 16 heteroatoms. The second-order valence-electron chi connectivity index (χ2n) is 10.8. The number of halogens is 6. The lowest BCUT2D eigenvalue weighted by molar-refractivity contribution is 0.0714. The minimum Gasteiger partial charge on any atom is -0.491 e. The highest BCUT2D eigenvalue weighted by Crippen LogP contribution is 2.32. The number of fused-ring (bicyclic) bond motifs is 2. The lowest BCUT2D eigenvalue weighted by Gasteiger charge is -2.29. The second-order valence-corrected chi connectivity index (χ2v) is 13.2. The van der Waals surface area contributed by atoms with Crippen LogP contribution in [0.5, 0.6) is 11.5 Å². The van der Waals surface area contributed by atoms with E-state index in [1.54, 1.807) is 21.9 Å². The monoisotopic (exact) mass is 828 g/mol. The van der Waals surface area contributed by atoms with Crippen LogP contribution in [0.1, 0.15) is 43.0 Å². The van der Waals surface area contributed by atoms with Crippen molar-refractivity contribution < 1.29 is 27.8 Å². The van der Waals surface area contributed by atoms with Gasteiger partial charge >= 0.3 is 0 Å². The zero-order chi connectivity index (χ0) is 34.9. The molecule has 0 bridgehead atoms. The van der Waals surface area contributed by atoms with Gasteiger partial charge in [-0.1, -0.05) is 35.3 Å². The smallest absolute Gasteiger partial charge is 0.291 e. The van der Waals surface area contributed by atoms with E-state index in [1.807, 2.05) is 0 Å². The Morgan fingerprint density at radius 1 is 0.708 bits per heavy atom. The lowest BCUT2D eigenvalue weighted by atomic mass is 10.00. The molecule has 0 spiro atoms. The lowest BCUT2D eigenvalue weighted by Crippen LogP contribution is -2.39. The number of nitrogens with one attached hydrogen (secondary N) is 2. The summed E-state index contributed by atoms with van der Waals surface area (Å²) < 4.78 is 37.7. The van der Waals surface area contributed by atoms with Gasteiger partial charge in [0.2, 0.25) is 0 Å². The first kappa shape index (κ1) is 35.6. The summed E-state index contributed by atoms with van der Waals surface area (Å²) >= 11 is 18.2. The SMILES string of the molecule is COc1c2c(c(Br)[nH]c1=O)CCN(Cc1ccc(F)c(Cl)c1)C2=O.COc1c2c(c(Br)[nH]c1=O)CCN(Cc1ccc(F)c(Cl)c1)C2=O. The highest BCUT2D eigenvalue weighted by Gasteiger charge is 2.33. The summed E-state index contributed by atoms with van der Waals surface area (Å²) in [5.74, 6) is -1.62. The zero-order valence-corrected chi connectivity index (χ0v) is 30.0. The Hall–Kier alpha value is -3.72. The number of amides is 2. The van der Waals surface area contributed by atoms with Gasteiger partial charge in [-0.05, 0) is 80.1 Å². The standard InChI is InChI=1S/2C16H13BrClFN2O3/c2*1-24-13-12-9(14(17)20-15(13)22)4-5-21(16(12)23)7-8-2-3-11(19)10(18)6-8/h2*2-3,6H,4-5,7H2,1H3,(H,20,22). The summed E-state index contributed by atoms with van der Waals surface area (Å²) in [6.07, 6.45) is 1.12. The van der Waals surface area contributed by atoms with Crippen LogP contribution < -0.4 is 20.6 Å². The molecule has 252 valence electrons. The molecule has 48 heavy (non-hydrogen) atoms. The van der Waals surface area contributed by atoms with E-state index in [1.165, 1.54) is 38.5 Å². The van der Waals surface area contributed by atoms with Crippen molar-refractivity contribution in [2.45, 2.75) is 25.9 Å². The predicted molar refractivity (Wildman–Crippen MR) is 182 cm³/mol. The van der Waals surface area contributed by atoms with Crippen LogP contribution in [-0.4, -0.2) is 58.9 Å². The number of carbonyl (C=O) groups is 2. The summed E-state index contributed by atoms with van der Waals surface area (Å²) in [4.78, 5) is 58.0. The first-order chi connectivity index (χ1) is 22.8. The number of benzene rings is 2. The Labute approximate surface area is 299 Å². The van der Waals surface area contributed by atoms with Gasteiger partial charge in [-0.3, -0.25) is 19.2 Å². The molecule has 2 amide bonds. The van der Waals surface area contributed by atoms with Crippen LogP contribution in [-0.2, 0) is 25.9 Å². The average Bonchev–Trinajstić information content (AvgIpc) is 3.04. The van der Waals surface area contributed by atoms with E-state index >= 15 is 0 Å². The molecule has 4 heterocycles. The second kappa shape index (κ2) is 14.8. The molecule has 10 nitrogen and oxygen atoms in total. The van der Waals surface area contributed by atoms with Crippen molar-refractivity contribution >= 4 is 66.9 Å². The molecule has 6 rings (SSSR count). The molecule has 4 aromatic rings. The molecule has 0 atom stereocenters. The van der Waals surface area contributed by atoms with E-state index < -0.39 is 22.8 Å². The predicted octanol–water partition coefficient (Wildman–Crippen LogP) is 6.27. The van der Waals surface area contributed by atoms with Crippen LogP contribution >= 0.6 is 55.1 Å². The topological polar surface area (TPSA) is 125 Å². The molecule has 0 radical (unpaired) electrons. The Morgan fingerprint density at radius 2 is 1.08 bits per heavy atom. The maximum atomic E-state index is 13.3. The number of hydrogen-bond donors (Lipinski definition) is 2. The molecule has 2 aromatic carbocycles. The van der Waals surface area contributed by atoms with Gasteiger partial charge in [0.1, 0.15) is 11.6 Å².